The molecule has 150 valence electrons. The van der Waals surface area contributed by atoms with Crippen molar-refractivity contribution in [2.75, 3.05) is 19.6 Å². The number of aryl methyl sites for hydroxylation is 1. The number of unbranched alkanes of at least 4 members (excludes halogenated alkanes) is 1. The topological polar surface area (TPSA) is 47.1 Å². The van der Waals surface area contributed by atoms with Crippen molar-refractivity contribution < 1.29 is 8.91 Å². The van der Waals surface area contributed by atoms with Gasteiger partial charge in [0.1, 0.15) is 5.82 Å². The van der Waals surface area contributed by atoms with Gasteiger partial charge in [-0.25, -0.2) is 4.39 Å². The number of fused-ring (bicyclic) bond motifs is 2. The summed E-state index contributed by atoms with van der Waals surface area (Å²) in [4.78, 5) is 2.54. The van der Waals surface area contributed by atoms with Crippen molar-refractivity contribution in [3.8, 4) is 0 Å². The number of rotatable bonds is 6. The lowest BCUT2D eigenvalue weighted by Gasteiger charge is -2.31. The molecule has 1 aliphatic rings. The minimum Gasteiger partial charge on any atom is -0.356 e. The Labute approximate surface area is 169 Å². The van der Waals surface area contributed by atoms with Gasteiger partial charge in [-0.1, -0.05) is 23.4 Å². The Kier molecular flexibility index (Phi) is 5.02. The molecule has 0 amide bonds. The molecule has 29 heavy (non-hydrogen) atoms. The third-order valence-electron chi connectivity index (χ3n) is 6.08. The van der Waals surface area contributed by atoms with Gasteiger partial charge in [0.2, 0.25) is 0 Å². The molecule has 2 aromatic heterocycles. The van der Waals surface area contributed by atoms with Gasteiger partial charge in [-0.05, 0) is 63.5 Å². The minimum absolute atomic E-state index is 0.280. The summed E-state index contributed by atoms with van der Waals surface area (Å²) < 4.78 is 20.8. The summed E-state index contributed by atoms with van der Waals surface area (Å²) in [6.45, 7) is 4.23. The van der Waals surface area contributed by atoms with Crippen molar-refractivity contribution in [3.05, 3.63) is 60.2 Å². The Morgan fingerprint density at radius 1 is 1.03 bits per heavy atom. The van der Waals surface area contributed by atoms with E-state index < -0.39 is 0 Å². The summed E-state index contributed by atoms with van der Waals surface area (Å²) in [5.41, 5.74) is 2.76. The van der Waals surface area contributed by atoms with Gasteiger partial charge < -0.3 is 9.42 Å². The van der Waals surface area contributed by atoms with E-state index in [-0.39, 0.29) is 5.82 Å². The van der Waals surface area contributed by atoms with Crippen LogP contribution in [0.5, 0.6) is 0 Å². The highest BCUT2D eigenvalue weighted by Gasteiger charge is 2.24. The van der Waals surface area contributed by atoms with Crippen LogP contribution in [0.3, 0.4) is 0 Å². The molecule has 3 heterocycles. The maximum Gasteiger partial charge on any atom is 0.170 e. The van der Waals surface area contributed by atoms with Crippen molar-refractivity contribution in [1.82, 2.24) is 19.8 Å². The van der Waals surface area contributed by atoms with Crippen molar-refractivity contribution in [3.63, 3.8) is 0 Å². The first-order chi connectivity index (χ1) is 14.3. The predicted molar refractivity (Wildman–Crippen MR) is 111 cm³/mol. The molecule has 2 aromatic carbocycles. The molecule has 1 fully saturated rings. The van der Waals surface area contributed by atoms with Gasteiger partial charge in [-0.2, -0.15) is 5.10 Å². The first kappa shape index (κ1) is 18.3. The van der Waals surface area contributed by atoms with E-state index in [0.717, 1.165) is 56.5 Å². The average molecular weight is 392 g/mol. The lowest BCUT2D eigenvalue weighted by atomic mass is 9.91. The number of benzene rings is 2. The monoisotopic (exact) mass is 392 g/mol. The van der Waals surface area contributed by atoms with Crippen LogP contribution >= 0.6 is 0 Å². The van der Waals surface area contributed by atoms with Crippen molar-refractivity contribution in [2.24, 2.45) is 0 Å². The second-order valence-electron chi connectivity index (χ2n) is 7.96. The molecule has 0 saturated carbocycles. The summed E-state index contributed by atoms with van der Waals surface area (Å²) in [7, 11) is 0. The Bertz CT molecular complexity index is 1110. The highest BCUT2D eigenvalue weighted by Crippen LogP contribution is 2.32. The van der Waals surface area contributed by atoms with Gasteiger partial charge in [0.05, 0.1) is 17.4 Å². The Morgan fingerprint density at radius 2 is 1.86 bits per heavy atom. The summed E-state index contributed by atoms with van der Waals surface area (Å²) in [5.74, 6) is 0.117. The summed E-state index contributed by atoms with van der Waals surface area (Å²) in [6, 6.07) is 13.1. The van der Waals surface area contributed by atoms with Crippen LogP contribution in [0.25, 0.3) is 21.9 Å². The number of aromatic nitrogens is 3. The molecular weight excluding hydrogens is 367 g/mol. The zero-order chi connectivity index (χ0) is 19.6. The van der Waals surface area contributed by atoms with Crippen LogP contribution in [0.2, 0.25) is 0 Å². The van der Waals surface area contributed by atoms with Crippen LogP contribution in [0.4, 0.5) is 4.39 Å². The molecule has 0 radical (unpaired) electrons. The van der Waals surface area contributed by atoms with Crippen LogP contribution in [0.1, 0.15) is 37.3 Å². The van der Waals surface area contributed by atoms with Crippen LogP contribution in [-0.2, 0) is 6.54 Å². The molecule has 0 aliphatic carbocycles. The maximum atomic E-state index is 13.4. The van der Waals surface area contributed by atoms with Gasteiger partial charge in [-0.15, -0.1) is 0 Å². The zero-order valence-electron chi connectivity index (χ0n) is 16.4. The Balaban J connectivity index is 1.11. The van der Waals surface area contributed by atoms with E-state index in [9.17, 15) is 4.39 Å². The summed E-state index contributed by atoms with van der Waals surface area (Å²) >= 11 is 0. The Hall–Kier alpha value is -2.73. The summed E-state index contributed by atoms with van der Waals surface area (Å²) in [6.07, 6.45) is 6.39. The molecule has 0 atom stereocenters. The van der Waals surface area contributed by atoms with Crippen LogP contribution in [0, 0.1) is 5.82 Å². The molecule has 0 N–H and O–H groups in total. The number of halogens is 1. The number of nitrogens with zero attached hydrogens (tertiary/aromatic N) is 4. The third kappa shape index (κ3) is 3.77. The van der Waals surface area contributed by atoms with Crippen molar-refractivity contribution in [2.45, 2.75) is 38.1 Å². The standard InChI is InChI=1S/C23H25FN4O/c24-19-7-8-20-22(15-19)29-26-23(20)17-9-13-27(14-10-17)11-3-4-12-28-21-6-2-1-5-18(21)16-25-28/h1-2,5-8,15-17H,3-4,9-14H2. The summed E-state index contributed by atoms with van der Waals surface area (Å²) in [5, 5.41) is 10.9. The second kappa shape index (κ2) is 7.95. The van der Waals surface area contributed by atoms with E-state index in [1.165, 1.54) is 29.5 Å². The predicted octanol–water partition coefficient (Wildman–Crippen LogP) is 4.98. The van der Waals surface area contributed by atoms with Crippen LogP contribution < -0.4 is 0 Å². The highest BCUT2D eigenvalue weighted by atomic mass is 19.1. The quantitative estimate of drug-likeness (QED) is 0.434. The average Bonchev–Trinajstić information content (AvgIpc) is 3.35. The number of hydrogen-bond donors (Lipinski definition) is 0. The second-order valence-corrected chi connectivity index (χ2v) is 7.96. The third-order valence-corrected chi connectivity index (χ3v) is 6.08. The normalized spacial score (nSPS) is 16.2. The maximum absolute atomic E-state index is 13.4. The molecule has 0 spiro atoms. The van der Waals surface area contributed by atoms with Gasteiger partial charge in [-0.3, -0.25) is 4.68 Å². The lowest BCUT2D eigenvalue weighted by molar-refractivity contribution is 0.205. The van der Waals surface area contributed by atoms with E-state index in [2.05, 4.69) is 44.1 Å². The number of hydrogen-bond acceptors (Lipinski definition) is 4. The first-order valence-corrected chi connectivity index (χ1v) is 10.5. The molecule has 5 nitrogen and oxygen atoms in total. The van der Waals surface area contributed by atoms with Crippen LogP contribution in [0.15, 0.2) is 53.2 Å². The fourth-order valence-corrected chi connectivity index (χ4v) is 4.46. The molecular formula is C23H25FN4O. The van der Waals surface area contributed by atoms with E-state index >= 15 is 0 Å². The van der Waals surface area contributed by atoms with Gasteiger partial charge in [0.25, 0.3) is 0 Å². The SMILES string of the molecule is Fc1ccc2c(C3CCN(CCCCn4ncc5ccccc54)CC3)noc2c1. The minimum atomic E-state index is -0.280. The molecule has 6 heteroatoms. The Morgan fingerprint density at radius 3 is 2.76 bits per heavy atom. The van der Waals surface area contributed by atoms with E-state index in [1.807, 2.05) is 6.20 Å². The number of piperidine rings is 1. The van der Waals surface area contributed by atoms with E-state index in [0.29, 0.717) is 11.5 Å². The van der Waals surface area contributed by atoms with Crippen molar-refractivity contribution >= 4 is 21.9 Å². The largest absolute Gasteiger partial charge is 0.356 e. The van der Waals surface area contributed by atoms with Gasteiger partial charge in [0.15, 0.2) is 5.58 Å². The lowest BCUT2D eigenvalue weighted by Crippen LogP contribution is -2.33. The fourth-order valence-electron chi connectivity index (χ4n) is 4.46. The van der Waals surface area contributed by atoms with E-state index in [1.54, 1.807) is 6.07 Å². The molecule has 4 aromatic rings. The molecule has 0 unspecified atom stereocenters. The molecule has 1 saturated heterocycles. The van der Waals surface area contributed by atoms with Crippen LogP contribution in [-0.4, -0.2) is 39.5 Å². The first-order valence-electron chi connectivity index (χ1n) is 10.5. The van der Waals surface area contributed by atoms with Crippen molar-refractivity contribution in [1.29, 1.82) is 0 Å². The highest BCUT2D eigenvalue weighted by molar-refractivity contribution is 5.80. The molecule has 1 aliphatic heterocycles. The van der Waals surface area contributed by atoms with E-state index in [4.69, 9.17) is 4.52 Å². The number of likely N-dealkylation sites (tertiary alicyclic amines) is 1. The fraction of sp³-hybridized carbons (Fsp3) is 0.391. The van der Waals surface area contributed by atoms with Gasteiger partial charge >= 0.3 is 0 Å². The number of para-hydroxylation sites is 1. The van der Waals surface area contributed by atoms with Gasteiger partial charge in [0, 0.05) is 29.3 Å². The zero-order valence-corrected chi connectivity index (χ0v) is 16.4. The molecule has 5 rings (SSSR count). The smallest absolute Gasteiger partial charge is 0.170 e. The molecule has 0 bridgehead atoms.